The van der Waals surface area contributed by atoms with Crippen LogP contribution in [0, 0.1) is 6.92 Å². The van der Waals surface area contributed by atoms with E-state index in [1.165, 1.54) is 18.4 Å². The normalized spacial score (nSPS) is 10.7. The van der Waals surface area contributed by atoms with Crippen molar-refractivity contribution < 1.29 is 18.7 Å². The van der Waals surface area contributed by atoms with E-state index in [0.29, 0.717) is 21.9 Å². The fourth-order valence-corrected chi connectivity index (χ4v) is 3.82. The van der Waals surface area contributed by atoms with E-state index in [9.17, 15) is 9.59 Å². The van der Waals surface area contributed by atoms with Crippen LogP contribution in [0.25, 0.3) is 21.5 Å². The molecule has 0 aliphatic carbocycles. The second-order valence-corrected chi connectivity index (χ2v) is 7.20. The van der Waals surface area contributed by atoms with Gasteiger partial charge < -0.3 is 9.15 Å². The predicted molar refractivity (Wildman–Crippen MR) is 110 cm³/mol. The van der Waals surface area contributed by atoms with Crippen molar-refractivity contribution in [2.45, 2.75) is 6.92 Å². The van der Waals surface area contributed by atoms with Gasteiger partial charge in [-0.3, -0.25) is 20.4 Å². The molecule has 2 heterocycles. The molecule has 2 aromatic heterocycles. The Kier molecular flexibility index (Phi) is 5.01. The van der Waals surface area contributed by atoms with Crippen LogP contribution < -0.4 is 15.6 Å². The summed E-state index contributed by atoms with van der Waals surface area (Å²) in [6.07, 6.45) is 0. The minimum Gasteiger partial charge on any atom is -0.493 e. The Bertz CT molecular complexity index is 1200. The van der Waals surface area contributed by atoms with Gasteiger partial charge in [0.25, 0.3) is 5.91 Å². The number of hydrogen-bond acceptors (Lipinski definition) is 6. The number of benzene rings is 2. The zero-order valence-electron chi connectivity index (χ0n) is 15.7. The molecule has 7 nitrogen and oxygen atoms in total. The zero-order valence-corrected chi connectivity index (χ0v) is 16.5. The van der Waals surface area contributed by atoms with Gasteiger partial charge in [0.2, 0.25) is 0 Å². The number of amides is 2. The number of ether oxygens (including phenoxy) is 1. The Labute approximate surface area is 170 Å². The van der Waals surface area contributed by atoms with Gasteiger partial charge in [0.05, 0.1) is 12.8 Å². The molecule has 8 heteroatoms. The Morgan fingerprint density at radius 1 is 1.03 bits per heavy atom. The average molecular weight is 407 g/mol. The van der Waals surface area contributed by atoms with Crippen molar-refractivity contribution in [1.82, 2.24) is 15.8 Å². The number of fused-ring (bicyclic) bond motifs is 1. The van der Waals surface area contributed by atoms with Crippen molar-refractivity contribution in [2.75, 3.05) is 7.11 Å². The third kappa shape index (κ3) is 3.70. The second kappa shape index (κ2) is 7.76. The van der Waals surface area contributed by atoms with Crippen molar-refractivity contribution in [2.24, 2.45) is 0 Å². The van der Waals surface area contributed by atoms with Crippen LogP contribution in [0.4, 0.5) is 0 Å². The van der Waals surface area contributed by atoms with Gasteiger partial charge in [0.15, 0.2) is 17.1 Å². The van der Waals surface area contributed by atoms with Crippen molar-refractivity contribution in [1.29, 1.82) is 0 Å². The van der Waals surface area contributed by atoms with Crippen LogP contribution in [-0.2, 0) is 0 Å². The molecule has 2 amide bonds. The van der Waals surface area contributed by atoms with E-state index in [1.807, 2.05) is 36.4 Å². The largest absolute Gasteiger partial charge is 0.493 e. The van der Waals surface area contributed by atoms with Crippen LogP contribution in [-0.4, -0.2) is 23.9 Å². The van der Waals surface area contributed by atoms with Gasteiger partial charge in [-0.05, 0) is 19.1 Å². The van der Waals surface area contributed by atoms with Crippen molar-refractivity contribution in [3.63, 3.8) is 0 Å². The molecule has 2 aromatic carbocycles. The molecular weight excluding hydrogens is 390 g/mol. The highest BCUT2D eigenvalue weighted by molar-refractivity contribution is 7.17. The van der Waals surface area contributed by atoms with Crippen LogP contribution >= 0.6 is 11.3 Å². The number of methoxy groups -OCH3 is 1. The van der Waals surface area contributed by atoms with Crippen LogP contribution in [0.3, 0.4) is 0 Å². The van der Waals surface area contributed by atoms with Gasteiger partial charge in [-0.15, -0.1) is 11.3 Å². The van der Waals surface area contributed by atoms with E-state index in [2.05, 4.69) is 15.8 Å². The summed E-state index contributed by atoms with van der Waals surface area (Å²) in [6, 6.07) is 16.5. The molecule has 4 rings (SSSR count). The molecule has 0 aliphatic rings. The van der Waals surface area contributed by atoms with E-state index in [1.54, 1.807) is 25.1 Å². The topological polar surface area (TPSA) is 93.5 Å². The summed E-state index contributed by atoms with van der Waals surface area (Å²) < 4.78 is 10.8. The summed E-state index contributed by atoms with van der Waals surface area (Å²) in [5.41, 5.74) is 6.79. The standard InChI is InChI=1S/C21H17N3O4S/c1-12-18(29-21(22-12)13-7-4-3-5-8-13)20(26)24-23-19(25)16-11-14-9-6-10-15(27-2)17(14)28-16/h3-11H,1-2H3,(H,23,25)(H,24,26). The second-order valence-electron chi connectivity index (χ2n) is 6.20. The fraction of sp³-hybridized carbons (Fsp3) is 0.0952. The lowest BCUT2D eigenvalue weighted by molar-refractivity contribution is 0.0833. The summed E-state index contributed by atoms with van der Waals surface area (Å²) in [5.74, 6) is -0.415. The maximum Gasteiger partial charge on any atom is 0.305 e. The quantitative estimate of drug-likeness (QED) is 0.500. The third-order valence-corrected chi connectivity index (χ3v) is 5.47. The number of carbonyl (C=O) groups is 2. The molecule has 0 radical (unpaired) electrons. The molecule has 0 atom stereocenters. The lowest BCUT2D eigenvalue weighted by atomic mass is 10.2. The highest BCUT2D eigenvalue weighted by Crippen LogP contribution is 2.29. The number of rotatable bonds is 4. The minimum atomic E-state index is -0.568. The number of para-hydroxylation sites is 1. The predicted octanol–water partition coefficient (Wildman–Crippen LogP) is 3.95. The summed E-state index contributed by atoms with van der Waals surface area (Å²) in [4.78, 5) is 29.8. The van der Waals surface area contributed by atoms with Crippen LogP contribution in [0.15, 0.2) is 59.0 Å². The van der Waals surface area contributed by atoms with E-state index in [4.69, 9.17) is 9.15 Å². The van der Waals surface area contributed by atoms with Crippen molar-refractivity contribution in [3.8, 4) is 16.3 Å². The first kappa shape index (κ1) is 18.7. The minimum absolute atomic E-state index is 0.0656. The van der Waals surface area contributed by atoms with Crippen LogP contribution in [0.1, 0.15) is 25.9 Å². The fourth-order valence-electron chi connectivity index (χ4n) is 2.85. The SMILES string of the molecule is COc1cccc2cc(C(=O)NNC(=O)c3sc(-c4ccccc4)nc3C)oc12. The number of thiazole rings is 1. The van der Waals surface area contributed by atoms with Gasteiger partial charge in [0.1, 0.15) is 9.88 Å². The number of carbonyl (C=O) groups excluding carboxylic acids is 2. The van der Waals surface area contributed by atoms with Gasteiger partial charge in [-0.1, -0.05) is 42.5 Å². The highest BCUT2D eigenvalue weighted by atomic mass is 32.1. The molecule has 0 unspecified atom stereocenters. The molecule has 29 heavy (non-hydrogen) atoms. The number of furan rings is 1. The van der Waals surface area contributed by atoms with E-state index < -0.39 is 11.8 Å². The number of aromatic nitrogens is 1. The maximum atomic E-state index is 12.5. The summed E-state index contributed by atoms with van der Waals surface area (Å²) in [7, 11) is 1.53. The van der Waals surface area contributed by atoms with Gasteiger partial charge >= 0.3 is 5.91 Å². The Morgan fingerprint density at radius 2 is 1.79 bits per heavy atom. The Balaban J connectivity index is 1.47. The summed E-state index contributed by atoms with van der Waals surface area (Å²) in [6.45, 7) is 1.76. The molecule has 0 fully saturated rings. The lowest BCUT2D eigenvalue weighted by Gasteiger charge is -2.04. The lowest BCUT2D eigenvalue weighted by Crippen LogP contribution is -2.41. The number of nitrogens with zero attached hydrogens (tertiary/aromatic N) is 1. The third-order valence-electron chi connectivity index (χ3n) is 4.26. The maximum absolute atomic E-state index is 12.5. The molecule has 146 valence electrons. The van der Waals surface area contributed by atoms with Gasteiger partial charge in [-0.2, -0.15) is 0 Å². The highest BCUT2D eigenvalue weighted by Gasteiger charge is 2.19. The molecule has 0 saturated carbocycles. The first-order valence-corrected chi connectivity index (χ1v) is 9.58. The summed E-state index contributed by atoms with van der Waals surface area (Å²) in [5, 5.41) is 1.47. The van der Waals surface area contributed by atoms with E-state index in [-0.39, 0.29) is 5.76 Å². The van der Waals surface area contributed by atoms with Gasteiger partial charge in [0, 0.05) is 10.9 Å². The number of aryl methyl sites for hydroxylation is 1. The molecule has 0 aliphatic heterocycles. The van der Waals surface area contributed by atoms with E-state index >= 15 is 0 Å². The number of nitrogens with one attached hydrogen (secondary N) is 2. The number of hydrogen-bond donors (Lipinski definition) is 2. The van der Waals surface area contributed by atoms with Crippen LogP contribution in [0.5, 0.6) is 5.75 Å². The number of hydrazine groups is 1. The van der Waals surface area contributed by atoms with Crippen molar-refractivity contribution >= 4 is 34.1 Å². The molecule has 0 saturated heterocycles. The molecule has 0 spiro atoms. The molecule has 2 N–H and O–H groups in total. The first-order chi connectivity index (χ1) is 14.1. The van der Waals surface area contributed by atoms with Crippen LogP contribution in [0.2, 0.25) is 0 Å². The first-order valence-electron chi connectivity index (χ1n) is 8.77. The smallest absolute Gasteiger partial charge is 0.305 e. The average Bonchev–Trinajstić information content (AvgIpc) is 3.36. The summed E-state index contributed by atoms with van der Waals surface area (Å²) >= 11 is 1.26. The monoisotopic (exact) mass is 407 g/mol. The Morgan fingerprint density at radius 3 is 2.55 bits per heavy atom. The van der Waals surface area contributed by atoms with Crippen molar-refractivity contribution in [3.05, 3.63) is 70.9 Å². The van der Waals surface area contributed by atoms with Gasteiger partial charge in [-0.25, -0.2) is 4.98 Å². The Hall–Kier alpha value is -3.65. The molecular formula is C21H17N3O4S. The molecule has 0 bridgehead atoms. The molecule has 4 aromatic rings. The zero-order chi connectivity index (χ0) is 20.4. The van der Waals surface area contributed by atoms with E-state index in [0.717, 1.165) is 16.0 Å².